The van der Waals surface area contributed by atoms with Gasteiger partial charge in [0.05, 0.1) is 12.6 Å². The van der Waals surface area contributed by atoms with Gasteiger partial charge in [0.25, 0.3) is 0 Å². The molecule has 1 atom stereocenters. The van der Waals surface area contributed by atoms with Gasteiger partial charge in [-0.15, -0.1) is 0 Å². The molecular weight excluding hydrogens is 244 g/mol. The summed E-state index contributed by atoms with van der Waals surface area (Å²) in [5.74, 6) is -1.13. The van der Waals surface area contributed by atoms with Crippen molar-refractivity contribution in [3.63, 3.8) is 0 Å². The third-order valence-electron chi connectivity index (χ3n) is 2.55. The number of hydrogen-bond donors (Lipinski definition) is 3. The Morgan fingerprint density at radius 3 is 2.32 bits per heavy atom. The van der Waals surface area contributed by atoms with Crippen LogP contribution in [0.4, 0.5) is 5.69 Å². The molecule has 19 heavy (non-hydrogen) atoms. The summed E-state index contributed by atoms with van der Waals surface area (Å²) in [6.45, 7) is 3.79. The zero-order chi connectivity index (χ0) is 14.3. The number of carbonyl (C=O) groups is 2. The summed E-state index contributed by atoms with van der Waals surface area (Å²) >= 11 is 0. The molecule has 104 valence electrons. The van der Waals surface area contributed by atoms with E-state index in [2.05, 4.69) is 10.6 Å². The molecule has 0 radical (unpaired) electrons. The van der Waals surface area contributed by atoms with Crippen LogP contribution >= 0.6 is 0 Å². The number of aliphatic hydroxyl groups excluding tert-OH is 1. The monoisotopic (exact) mass is 264 g/mol. The first-order chi connectivity index (χ1) is 9.02. The average molecular weight is 264 g/mol. The van der Waals surface area contributed by atoms with Crippen LogP contribution in [0.1, 0.15) is 20.3 Å². The lowest BCUT2D eigenvalue weighted by Crippen LogP contribution is -2.44. The molecule has 0 aliphatic carbocycles. The van der Waals surface area contributed by atoms with Crippen LogP contribution in [0, 0.1) is 5.92 Å². The first-order valence-corrected chi connectivity index (χ1v) is 6.30. The van der Waals surface area contributed by atoms with Crippen LogP contribution in [0.2, 0.25) is 0 Å². The number of amides is 2. The molecule has 0 saturated carbocycles. The number of rotatable bonds is 5. The van der Waals surface area contributed by atoms with E-state index >= 15 is 0 Å². The van der Waals surface area contributed by atoms with Crippen LogP contribution in [0.15, 0.2) is 30.3 Å². The molecule has 1 unspecified atom stereocenters. The Bertz CT molecular complexity index is 418. The quantitative estimate of drug-likeness (QED) is 0.698. The van der Waals surface area contributed by atoms with E-state index < -0.39 is 17.9 Å². The minimum atomic E-state index is -0.733. The summed E-state index contributed by atoms with van der Waals surface area (Å²) < 4.78 is 0. The number of benzene rings is 1. The van der Waals surface area contributed by atoms with Crippen LogP contribution in [-0.2, 0) is 9.59 Å². The molecule has 0 aliphatic heterocycles. The van der Waals surface area contributed by atoms with E-state index in [1.54, 1.807) is 24.3 Å². The second-order valence-electron chi connectivity index (χ2n) is 4.80. The molecule has 0 bridgehead atoms. The normalized spacial score (nSPS) is 12.0. The van der Waals surface area contributed by atoms with E-state index in [1.807, 2.05) is 19.9 Å². The highest BCUT2D eigenvalue weighted by Crippen LogP contribution is 2.06. The Morgan fingerprint density at radius 2 is 1.79 bits per heavy atom. The molecule has 0 saturated heterocycles. The number of aliphatic hydroxyl groups is 1. The van der Waals surface area contributed by atoms with Crippen molar-refractivity contribution in [2.75, 3.05) is 11.9 Å². The van der Waals surface area contributed by atoms with Crippen LogP contribution in [0.5, 0.6) is 0 Å². The van der Waals surface area contributed by atoms with Gasteiger partial charge in [-0.1, -0.05) is 32.0 Å². The topological polar surface area (TPSA) is 78.4 Å². The molecule has 0 aliphatic rings. The van der Waals surface area contributed by atoms with E-state index in [0.29, 0.717) is 18.0 Å². The van der Waals surface area contributed by atoms with E-state index in [-0.39, 0.29) is 6.61 Å². The van der Waals surface area contributed by atoms with E-state index in [9.17, 15) is 9.59 Å². The minimum absolute atomic E-state index is 0.178. The summed E-state index contributed by atoms with van der Waals surface area (Å²) in [7, 11) is 0. The summed E-state index contributed by atoms with van der Waals surface area (Å²) in [6.07, 6.45) is 0.626. The second kappa shape index (κ2) is 7.53. The lowest BCUT2D eigenvalue weighted by molar-refractivity contribution is -0.136. The highest BCUT2D eigenvalue weighted by molar-refractivity contribution is 6.39. The molecule has 0 aromatic heterocycles. The summed E-state index contributed by atoms with van der Waals surface area (Å²) in [4.78, 5) is 23.3. The largest absolute Gasteiger partial charge is 0.394 e. The Labute approximate surface area is 113 Å². The molecule has 0 spiro atoms. The molecule has 1 aromatic rings. The lowest BCUT2D eigenvalue weighted by atomic mass is 10.0. The molecule has 5 heteroatoms. The summed E-state index contributed by atoms with van der Waals surface area (Å²) in [6, 6.07) is 8.35. The second-order valence-corrected chi connectivity index (χ2v) is 4.80. The highest BCUT2D eigenvalue weighted by atomic mass is 16.3. The van der Waals surface area contributed by atoms with Gasteiger partial charge in [0, 0.05) is 5.69 Å². The first kappa shape index (κ1) is 15.2. The number of carbonyl (C=O) groups excluding carboxylic acids is 2. The predicted molar refractivity (Wildman–Crippen MR) is 73.5 cm³/mol. The van der Waals surface area contributed by atoms with Gasteiger partial charge in [0.2, 0.25) is 0 Å². The average Bonchev–Trinajstić information content (AvgIpc) is 2.38. The van der Waals surface area contributed by atoms with E-state index in [1.165, 1.54) is 0 Å². The van der Waals surface area contributed by atoms with Gasteiger partial charge in [-0.05, 0) is 24.5 Å². The molecule has 2 amide bonds. The Morgan fingerprint density at radius 1 is 1.16 bits per heavy atom. The Balaban J connectivity index is 2.50. The maximum absolute atomic E-state index is 11.7. The van der Waals surface area contributed by atoms with E-state index in [0.717, 1.165) is 0 Å². The van der Waals surface area contributed by atoms with Crippen LogP contribution < -0.4 is 10.6 Å². The molecule has 5 nitrogen and oxygen atoms in total. The molecule has 0 fully saturated rings. The van der Waals surface area contributed by atoms with Crippen LogP contribution in [0.25, 0.3) is 0 Å². The van der Waals surface area contributed by atoms with Crippen molar-refractivity contribution in [3.05, 3.63) is 30.3 Å². The van der Waals surface area contributed by atoms with Gasteiger partial charge >= 0.3 is 11.8 Å². The van der Waals surface area contributed by atoms with Crippen LogP contribution in [-0.4, -0.2) is 29.6 Å². The number of para-hydroxylation sites is 1. The van der Waals surface area contributed by atoms with Crippen molar-refractivity contribution in [2.24, 2.45) is 5.92 Å². The van der Waals surface area contributed by atoms with Crippen molar-refractivity contribution in [3.8, 4) is 0 Å². The fourth-order valence-electron chi connectivity index (χ4n) is 1.71. The fourth-order valence-corrected chi connectivity index (χ4v) is 1.71. The van der Waals surface area contributed by atoms with Crippen LogP contribution in [0.3, 0.4) is 0 Å². The molecule has 1 aromatic carbocycles. The number of anilines is 1. The van der Waals surface area contributed by atoms with Gasteiger partial charge in [-0.2, -0.15) is 0 Å². The number of hydrogen-bond acceptors (Lipinski definition) is 3. The van der Waals surface area contributed by atoms with Gasteiger partial charge in [0.15, 0.2) is 0 Å². The molecule has 1 rings (SSSR count). The highest BCUT2D eigenvalue weighted by Gasteiger charge is 2.18. The molecule has 0 heterocycles. The van der Waals surface area contributed by atoms with Crippen molar-refractivity contribution < 1.29 is 14.7 Å². The van der Waals surface area contributed by atoms with Crippen molar-refractivity contribution in [2.45, 2.75) is 26.3 Å². The van der Waals surface area contributed by atoms with Crippen molar-refractivity contribution in [1.82, 2.24) is 5.32 Å². The zero-order valence-electron chi connectivity index (χ0n) is 11.2. The maximum atomic E-state index is 11.7. The standard InChI is InChI=1S/C14H20N2O3/c1-10(2)8-12(9-17)16-14(19)13(18)15-11-6-4-3-5-7-11/h3-7,10,12,17H,8-9H2,1-2H3,(H,15,18)(H,16,19). The summed E-state index contributed by atoms with van der Waals surface area (Å²) in [5.41, 5.74) is 0.562. The molecule has 3 N–H and O–H groups in total. The van der Waals surface area contributed by atoms with Crippen molar-refractivity contribution in [1.29, 1.82) is 0 Å². The van der Waals surface area contributed by atoms with Crippen molar-refractivity contribution >= 4 is 17.5 Å². The lowest BCUT2D eigenvalue weighted by Gasteiger charge is -2.17. The number of nitrogens with one attached hydrogen (secondary N) is 2. The molecular formula is C14H20N2O3. The first-order valence-electron chi connectivity index (χ1n) is 6.30. The van der Waals surface area contributed by atoms with Gasteiger partial charge in [-0.3, -0.25) is 9.59 Å². The zero-order valence-corrected chi connectivity index (χ0v) is 11.2. The predicted octanol–water partition coefficient (Wildman–Crippen LogP) is 1.15. The van der Waals surface area contributed by atoms with E-state index in [4.69, 9.17) is 5.11 Å². The SMILES string of the molecule is CC(C)CC(CO)NC(=O)C(=O)Nc1ccccc1. The van der Waals surface area contributed by atoms with Gasteiger partial charge < -0.3 is 15.7 Å². The van der Waals surface area contributed by atoms with Gasteiger partial charge in [-0.25, -0.2) is 0 Å². The Hall–Kier alpha value is -1.88. The van der Waals surface area contributed by atoms with Gasteiger partial charge in [0.1, 0.15) is 0 Å². The third kappa shape index (κ3) is 5.52. The smallest absolute Gasteiger partial charge is 0.313 e. The fraction of sp³-hybridized carbons (Fsp3) is 0.429. The minimum Gasteiger partial charge on any atom is -0.394 e. The third-order valence-corrected chi connectivity index (χ3v) is 2.55. The maximum Gasteiger partial charge on any atom is 0.313 e. The summed E-state index contributed by atoms with van der Waals surface area (Å²) in [5, 5.41) is 14.2. The Kier molecular flexibility index (Phi) is 6.02.